The van der Waals surface area contributed by atoms with Crippen molar-refractivity contribution in [3.05, 3.63) is 33.8 Å². The highest BCUT2D eigenvalue weighted by Crippen LogP contribution is 2.26. The summed E-state index contributed by atoms with van der Waals surface area (Å²) in [5.41, 5.74) is 0.733. The van der Waals surface area contributed by atoms with E-state index in [1.807, 2.05) is 13.0 Å². The van der Waals surface area contributed by atoms with Crippen LogP contribution in [-0.2, 0) is 9.53 Å². The number of ether oxygens (including phenoxy) is 1. The van der Waals surface area contributed by atoms with Crippen LogP contribution in [0.1, 0.15) is 32.4 Å². The van der Waals surface area contributed by atoms with Crippen molar-refractivity contribution >= 4 is 29.1 Å². The molecule has 1 fully saturated rings. The van der Waals surface area contributed by atoms with Crippen LogP contribution >= 0.6 is 23.2 Å². The molecular weight excluding hydrogens is 323 g/mol. The van der Waals surface area contributed by atoms with E-state index in [0.717, 1.165) is 12.1 Å². The van der Waals surface area contributed by atoms with Gasteiger partial charge >= 0.3 is 0 Å². The lowest BCUT2D eigenvalue weighted by molar-refractivity contribution is -0.127. The Bertz CT molecular complexity index is 549. The van der Waals surface area contributed by atoms with E-state index >= 15 is 0 Å². The average Bonchev–Trinajstić information content (AvgIpc) is 2.40. The van der Waals surface area contributed by atoms with Crippen molar-refractivity contribution in [3.63, 3.8) is 0 Å². The molecule has 1 atom stereocenters. The standard InChI is InChI=1S/C16H22Cl2N2O2/c1-11(13-5-4-12(17)8-14(13)18)19-15(21)9-20-6-7-22-10-16(20,2)3/h4-5,8,11H,6-7,9-10H2,1-3H3,(H,19,21). The minimum Gasteiger partial charge on any atom is -0.378 e. The predicted molar refractivity (Wildman–Crippen MR) is 89.5 cm³/mol. The molecule has 0 radical (unpaired) electrons. The molecule has 1 aliphatic rings. The van der Waals surface area contributed by atoms with Gasteiger partial charge in [-0.05, 0) is 38.5 Å². The molecule has 0 bridgehead atoms. The molecule has 1 aromatic carbocycles. The summed E-state index contributed by atoms with van der Waals surface area (Å²) < 4.78 is 5.47. The molecule has 1 heterocycles. The molecule has 1 aliphatic heterocycles. The molecule has 6 heteroatoms. The van der Waals surface area contributed by atoms with Crippen molar-refractivity contribution in [2.45, 2.75) is 32.4 Å². The van der Waals surface area contributed by atoms with E-state index in [2.05, 4.69) is 24.1 Å². The van der Waals surface area contributed by atoms with E-state index < -0.39 is 0 Å². The number of carbonyl (C=O) groups is 1. The Labute approximate surface area is 141 Å². The van der Waals surface area contributed by atoms with Crippen molar-refractivity contribution in [3.8, 4) is 0 Å². The van der Waals surface area contributed by atoms with Gasteiger partial charge in [-0.25, -0.2) is 0 Å². The monoisotopic (exact) mass is 344 g/mol. The van der Waals surface area contributed by atoms with Crippen LogP contribution in [0.4, 0.5) is 0 Å². The van der Waals surface area contributed by atoms with Gasteiger partial charge < -0.3 is 10.1 Å². The molecule has 22 heavy (non-hydrogen) atoms. The summed E-state index contributed by atoms with van der Waals surface area (Å²) in [6.45, 7) is 8.49. The van der Waals surface area contributed by atoms with E-state index in [9.17, 15) is 4.79 Å². The maximum atomic E-state index is 12.3. The molecule has 2 rings (SSSR count). The highest BCUT2D eigenvalue weighted by Gasteiger charge is 2.31. The number of hydrogen-bond acceptors (Lipinski definition) is 3. The van der Waals surface area contributed by atoms with Crippen molar-refractivity contribution in [2.24, 2.45) is 0 Å². The topological polar surface area (TPSA) is 41.6 Å². The Balaban J connectivity index is 1.96. The van der Waals surface area contributed by atoms with E-state index in [4.69, 9.17) is 27.9 Å². The number of carbonyl (C=O) groups excluding carboxylic acids is 1. The van der Waals surface area contributed by atoms with Gasteiger partial charge in [0.25, 0.3) is 0 Å². The summed E-state index contributed by atoms with van der Waals surface area (Å²) in [7, 11) is 0. The van der Waals surface area contributed by atoms with Crippen LogP contribution in [-0.4, -0.2) is 42.6 Å². The lowest BCUT2D eigenvalue weighted by atomic mass is 10.0. The first kappa shape index (κ1) is 17.5. The molecule has 1 N–H and O–H groups in total. The molecule has 1 aromatic rings. The Hall–Kier alpha value is -0.810. The predicted octanol–water partition coefficient (Wildman–Crippen LogP) is 3.28. The number of nitrogens with one attached hydrogen (secondary N) is 1. The molecule has 122 valence electrons. The maximum absolute atomic E-state index is 12.3. The van der Waals surface area contributed by atoms with Gasteiger partial charge in [0.05, 0.1) is 25.8 Å². The van der Waals surface area contributed by atoms with Crippen LogP contribution in [0.3, 0.4) is 0 Å². The fourth-order valence-corrected chi connectivity index (χ4v) is 3.15. The van der Waals surface area contributed by atoms with Crippen molar-refractivity contribution in [1.29, 1.82) is 0 Å². The fourth-order valence-electron chi connectivity index (χ4n) is 2.57. The van der Waals surface area contributed by atoms with Gasteiger partial charge in [0.1, 0.15) is 0 Å². The van der Waals surface area contributed by atoms with Gasteiger partial charge in [-0.3, -0.25) is 9.69 Å². The minimum atomic E-state index is -0.165. The number of halogens is 2. The van der Waals surface area contributed by atoms with E-state index in [0.29, 0.717) is 29.8 Å². The third-order valence-electron chi connectivity index (χ3n) is 3.96. The molecule has 0 aliphatic carbocycles. The smallest absolute Gasteiger partial charge is 0.234 e. The highest BCUT2D eigenvalue weighted by molar-refractivity contribution is 6.35. The summed E-state index contributed by atoms with van der Waals surface area (Å²) >= 11 is 12.1. The average molecular weight is 345 g/mol. The summed E-state index contributed by atoms with van der Waals surface area (Å²) in [5, 5.41) is 4.14. The summed E-state index contributed by atoms with van der Waals surface area (Å²) in [6.07, 6.45) is 0. The Morgan fingerprint density at radius 2 is 2.18 bits per heavy atom. The van der Waals surface area contributed by atoms with Crippen LogP contribution in [0.15, 0.2) is 18.2 Å². The first-order valence-corrected chi connectivity index (χ1v) is 8.12. The third kappa shape index (κ3) is 4.35. The number of nitrogens with zero attached hydrogens (tertiary/aromatic N) is 1. The lowest BCUT2D eigenvalue weighted by Gasteiger charge is -2.41. The second-order valence-electron chi connectivity index (χ2n) is 6.24. The summed E-state index contributed by atoms with van der Waals surface area (Å²) in [6, 6.07) is 5.14. The summed E-state index contributed by atoms with van der Waals surface area (Å²) in [4.78, 5) is 14.4. The van der Waals surface area contributed by atoms with Gasteiger partial charge in [0, 0.05) is 22.1 Å². The van der Waals surface area contributed by atoms with E-state index in [1.165, 1.54) is 0 Å². The molecule has 4 nitrogen and oxygen atoms in total. The van der Waals surface area contributed by atoms with Crippen LogP contribution in [0.2, 0.25) is 10.0 Å². The second kappa shape index (κ2) is 7.18. The van der Waals surface area contributed by atoms with Crippen LogP contribution < -0.4 is 5.32 Å². The number of morpholine rings is 1. The van der Waals surface area contributed by atoms with Crippen molar-refractivity contribution < 1.29 is 9.53 Å². The Morgan fingerprint density at radius 1 is 1.45 bits per heavy atom. The maximum Gasteiger partial charge on any atom is 0.234 e. The zero-order chi connectivity index (χ0) is 16.3. The van der Waals surface area contributed by atoms with Crippen LogP contribution in [0, 0.1) is 0 Å². The third-order valence-corrected chi connectivity index (χ3v) is 4.52. The molecule has 1 unspecified atom stereocenters. The molecule has 1 amide bonds. The largest absolute Gasteiger partial charge is 0.378 e. The first-order valence-electron chi connectivity index (χ1n) is 7.37. The Morgan fingerprint density at radius 3 is 2.82 bits per heavy atom. The first-order chi connectivity index (χ1) is 10.3. The fraction of sp³-hybridized carbons (Fsp3) is 0.562. The normalized spacial score (nSPS) is 19.7. The van der Waals surface area contributed by atoms with Crippen LogP contribution in [0.25, 0.3) is 0 Å². The molecule has 1 saturated heterocycles. The molecular formula is C16H22Cl2N2O2. The number of rotatable bonds is 4. The highest BCUT2D eigenvalue weighted by atomic mass is 35.5. The zero-order valence-corrected chi connectivity index (χ0v) is 14.7. The van der Waals surface area contributed by atoms with Gasteiger partial charge in [0.15, 0.2) is 0 Å². The van der Waals surface area contributed by atoms with E-state index in [1.54, 1.807) is 12.1 Å². The van der Waals surface area contributed by atoms with Crippen LogP contribution in [0.5, 0.6) is 0 Å². The number of benzene rings is 1. The molecule has 0 aromatic heterocycles. The second-order valence-corrected chi connectivity index (χ2v) is 7.09. The Kier molecular flexibility index (Phi) is 5.72. The zero-order valence-electron chi connectivity index (χ0n) is 13.2. The molecule has 0 saturated carbocycles. The SMILES string of the molecule is CC(NC(=O)CN1CCOCC1(C)C)c1ccc(Cl)cc1Cl. The van der Waals surface area contributed by atoms with Crippen molar-refractivity contribution in [2.75, 3.05) is 26.3 Å². The summed E-state index contributed by atoms with van der Waals surface area (Å²) in [5.74, 6) is -0.0199. The number of hydrogen-bond donors (Lipinski definition) is 1. The van der Waals surface area contributed by atoms with Gasteiger partial charge in [-0.1, -0.05) is 29.3 Å². The quantitative estimate of drug-likeness (QED) is 0.911. The van der Waals surface area contributed by atoms with E-state index in [-0.39, 0.29) is 17.5 Å². The van der Waals surface area contributed by atoms with Gasteiger partial charge in [0.2, 0.25) is 5.91 Å². The van der Waals surface area contributed by atoms with Crippen molar-refractivity contribution in [1.82, 2.24) is 10.2 Å². The number of amides is 1. The lowest BCUT2D eigenvalue weighted by Crippen LogP contribution is -2.55. The van der Waals surface area contributed by atoms with Gasteiger partial charge in [-0.15, -0.1) is 0 Å². The van der Waals surface area contributed by atoms with Gasteiger partial charge in [-0.2, -0.15) is 0 Å². The molecule has 0 spiro atoms. The minimum absolute atomic E-state index is 0.0199.